The van der Waals surface area contributed by atoms with Gasteiger partial charge < -0.3 is 25.6 Å². The molecule has 0 radical (unpaired) electrons. The molecule has 0 heterocycles. The minimum absolute atomic E-state index is 0.00850. The molecule has 0 saturated carbocycles. The predicted molar refractivity (Wildman–Crippen MR) is 138 cm³/mol. The van der Waals surface area contributed by atoms with Crippen molar-refractivity contribution in [1.82, 2.24) is 4.90 Å². The summed E-state index contributed by atoms with van der Waals surface area (Å²) < 4.78 is 32.6. The minimum atomic E-state index is -1.51. The SMILES string of the molecule is CCc1cccc(CN(C[C@@H](O)[C@@H](N)Cc2cc(F)cc(F)c2)C(=O)C(O)COc2ccc(Cl)cc2)c1. The molecule has 0 aliphatic heterocycles. The quantitative estimate of drug-likeness (QED) is 0.329. The van der Waals surface area contributed by atoms with Crippen molar-refractivity contribution in [1.29, 1.82) is 0 Å². The molecule has 37 heavy (non-hydrogen) atoms. The second-order valence-electron chi connectivity index (χ2n) is 8.89. The van der Waals surface area contributed by atoms with Crippen molar-refractivity contribution in [2.24, 2.45) is 5.73 Å². The van der Waals surface area contributed by atoms with E-state index in [1.165, 1.54) is 4.90 Å². The molecule has 3 aromatic carbocycles. The molecular formula is C28H31ClF2N2O4. The molecule has 0 aromatic heterocycles. The third-order valence-corrected chi connectivity index (χ3v) is 6.14. The summed E-state index contributed by atoms with van der Waals surface area (Å²) in [7, 11) is 0. The number of hydrogen-bond donors (Lipinski definition) is 3. The molecule has 4 N–H and O–H groups in total. The number of carbonyl (C=O) groups excluding carboxylic acids is 1. The van der Waals surface area contributed by atoms with Gasteiger partial charge in [0, 0.05) is 30.2 Å². The van der Waals surface area contributed by atoms with E-state index in [1.807, 2.05) is 31.2 Å². The van der Waals surface area contributed by atoms with Crippen molar-refractivity contribution >= 4 is 17.5 Å². The molecule has 0 aliphatic carbocycles. The number of aliphatic hydroxyl groups excluding tert-OH is 2. The Morgan fingerprint density at radius 3 is 2.30 bits per heavy atom. The highest BCUT2D eigenvalue weighted by Crippen LogP contribution is 2.17. The van der Waals surface area contributed by atoms with E-state index in [-0.39, 0.29) is 31.7 Å². The van der Waals surface area contributed by atoms with Crippen molar-refractivity contribution in [3.05, 3.63) is 100 Å². The number of aliphatic hydroxyl groups is 2. The van der Waals surface area contributed by atoms with E-state index in [0.29, 0.717) is 10.8 Å². The number of nitrogens with zero attached hydrogens (tertiary/aromatic N) is 1. The number of amides is 1. The average Bonchev–Trinajstić information content (AvgIpc) is 2.86. The third-order valence-electron chi connectivity index (χ3n) is 5.89. The summed E-state index contributed by atoms with van der Waals surface area (Å²) in [5.74, 6) is -1.71. The molecule has 1 amide bonds. The van der Waals surface area contributed by atoms with Crippen LogP contribution in [0.25, 0.3) is 0 Å². The fourth-order valence-corrected chi connectivity index (χ4v) is 4.01. The van der Waals surface area contributed by atoms with Gasteiger partial charge in [0.1, 0.15) is 24.0 Å². The first-order valence-electron chi connectivity index (χ1n) is 12.0. The Balaban J connectivity index is 1.72. The van der Waals surface area contributed by atoms with Gasteiger partial charge in [-0.05, 0) is 65.9 Å². The van der Waals surface area contributed by atoms with Crippen molar-refractivity contribution in [3.8, 4) is 5.75 Å². The molecule has 0 spiro atoms. The Kier molecular flexibility index (Phi) is 10.4. The summed E-state index contributed by atoms with van der Waals surface area (Å²) >= 11 is 5.87. The predicted octanol–water partition coefficient (Wildman–Crippen LogP) is 3.88. The second-order valence-corrected chi connectivity index (χ2v) is 9.32. The molecule has 3 aromatic rings. The summed E-state index contributed by atoms with van der Waals surface area (Å²) in [5, 5.41) is 21.9. The largest absolute Gasteiger partial charge is 0.490 e. The van der Waals surface area contributed by atoms with Crippen LogP contribution in [-0.4, -0.2) is 52.4 Å². The van der Waals surface area contributed by atoms with Crippen LogP contribution in [0.2, 0.25) is 5.02 Å². The highest BCUT2D eigenvalue weighted by Gasteiger charge is 2.27. The Morgan fingerprint density at radius 2 is 1.65 bits per heavy atom. The number of rotatable bonds is 12. The van der Waals surface area contributed by atoms with Crippen LogP contribution in [0.5, 0.6) is 5.75 Å². The number of nitrogens with two attached hydrogens (primary N) is 1. The lowest BCUT2D eigenvalue weighted by molar-refractivity contribution is -0.144. The average molecular weight is 533 g/mol. The topological polar surface area (TPSA) is 96.0 Å². The lowest BCUT2D eigenvalue weighted by Gasteiger charge is -2.30. The maximum atomic E-state index is 13.6. The number of halogens is 3. The molecule has 3 atom stereocenters. The Morgan fingerprint density at radius 1 is 1.00 bits per heavy atom. The first-order valence-corrected chi connectivity index (χ1v) is 12.3. The first kappa shape index (κ1) is 28.5. The fraction of sp³-hybridized carbons (Fsp3) is 0.321. The van der Waals surface area contributed by atoms with Gasteiger partial charge in [0.15, 0.2) is 6.10 Å². The molecular weight excluding hydrogens is 502 g/mol. The zero-order chi connectivity index (χ0) is 26.9. The highest BCUT2D eigenvalue weighted by atomic mass is 35.5. The van der Waals surface area contributed by atoms with E-state index < -0.39 is 35.8 Å². The van der Waals surface area contributed by atoms with E-state index in [4.69, 9.17) is 22.1 Å². The van der Waals surface area contributed by atoms with E-state index in [0.717, 1.165) is 35.7 Å². The lowest BCUT2D eigenvalue weighted by Crippen LogP contribution is -2.49. The molecule has 198 valence electrons. The van der Waals surface area contributed by atoms with Crippen LogP contribution in [0.4, 0.5) is 8.78 Å². The summed E-state index contributed by atoms with van der Waals surface area (Å²) in [6.45, 7) is 1.61. The van der Waals surface area contributed by atoms with Crippen LogP contribution < -0.4 is 10.5 Å². The molecule has 0 bridgehead atoms. The third kappa shape index (κ3) is 8.79. The smallest absolute Gasteiger partial charge is 0.255 e. The van der Waals surface area contributed by atoms with Crippen LogP contribution in [0.15, 0.2) is 66.7 Å². The number of benzene rings is 3. The Hall–Kier alpha value is -3.04. The monoisotopic (exact) mass is 532 g/mol. The molecule has 3 rings (SSSR count). The van der Waals surface area contributed by atoms with Crippen LogP contribution in [0.1, 0.15) is 23.6 Å². The summed E-state index contributed by atoms with van der Waals surface area (Å²) in [5.41, 5.74) is 8.30. The van der Waals surface area contributed by atoms with E-state index in [9.17, 15) is 23.8 Å². The number of hydrogen-bond acceptors (Lipinski definition) is 5. The summed E-state index contributed by atoms with van der Waals surface area (Å²) in [4.78, 5) is 14.5. The molecule has 0 saturated heterocycles. The van der Waals surface area contributed by atoms with Gasteiger partial charge in [-0.15, -0.1) is 0 Å². The van der Waals surface area contributed by atoms with Crippen molar-refractivity contribution in [2.45, 2.75) is 44.6 Å². The van der Waals surface area contributed by atoms with E-state index >= 15 is 0 Å². The van der Waals surface area contributed by atoms with Crippen molar-refractivity contribution < 1.29 is 28.5 Å². The van der Waals surface area contributed by atoms with Crippen LogP contribution in [0, 0.1) is 11.6 Å². The zero-order valence-corrected chi connectivity index (χ0v) is 21.2. The molecule has 6 nitrogen and oxygen atoms in total. The Labute approximate surface area is 220 Å². The van der Waals surface area contributed by atoms with Gasteiger partial charge in [-0.2, -0.15) is 0 Å². The number of ether oxygens (including phenoxy) is 1. The normalized spacial score (nSPS) is 13.6. The van der Waals surface area contributed by atoms with Gasteiger partial charge >= 0.3 is 0 Å². The maximum absolute atomic E-state index is 13.6. The Bertz CT molecular complexity index is 1160. The lowest BCUT2D eigenvalue weighted by atomic mass is 10.0. The zero-order valence-electron chi connectivity index (χ0n) is 20.5. The van der Waals surface area contributed by atoms with Gasteiger partial charge in [0.05, 0.1) is 6.10 Å². The second kappa shape index (κ2) is 13.5. The number of aryl methyl sites for hydroxylation is 1. The van der Waals surface area contributed by atoms with Gasteiger partial charge in [-0.25, -0.2) is 8.78 Å². The van der Waals surface area contributed by atoms with Crippen molar-refractivity contribution in [3.63, 3.8) is 0 Å². The maximum Gasteiger partial charge on any atom is 0.255 e. The van der Waals surface area contributed by atoms with Gasteiger partial charge in [-0.1, -0.05) is 42.8 Å². The van der Waals surface area contributed by atoms with Crippen LogP contribution >= 0.6 is 11.6 Å². The van der Waals surface area contributed by atoms with E-state index in [1.54, 1.807) is 24.3 Å². The minimum Gasteiger partial charge on any atom is -0.490 e. The number of carbonyl (C=O) groups is 1. The molecule has 0 aliphatic rings. The van der Waals surface area contributed by atoms with Crippen LogP contribution in [-0.2, 0) is 24.2 Å². The molecule has 9 heteroatoms. The summed E-state index contributed by atoms with van der Waals surface area (Å²) in [6.07, 6.45) is -1.94. The molecule has 1 unspecified atom stereocenters. The standard InChI is InChI=1S/C28H31ClF2N2O4/c1-2-18-4-3-5-19(10-18)15-33(28(36)27(35)17-37-24-8-6-21(29)7-9-24)16-26(34)25(32)13-20-11-22(30)14-23(31)12-20/h3-12,14,25-27,34-35H,2,13,15-17,32H2,1H3/t25-,26+,27?/m0/s1. The fourth-order valence-electron chi connectivity index (χ4n) is 3.89. The van der Waals surface area contributed by atoms with Crippen molar-refractivity contribution in [2.75, 3.05) is 13.2 Å². The molecule has 0 fully saturated rings. The highest BCUT2D eigenvalue weighted by molar-refractivity contribution is 6.30. The van der Waals surface area contributed by atoms with E-state index in [2.05, 4.69) is 0 Å². The van der Waals surface area contributed by atoms with Crippen LogP contribution in [0.3, 0.4) is 0 Å². The first-order chi connectivity index (χ1) is 17.6. The van der Waals surface area contributed by atoms with Gasteiger partial charge in [0.2, 0.25) is 0 Å². The van der Waals surface area contributed by atoms with Gasteiger partial charge in [0.25, 0.3) is 5.91 Å². The summed E-state index contributed by atoms with van der Waals surface area (Å²) in [6, 6.07) is 16.2. The van der Waals surface area contributed by atoms with Gasteiger partial charge in [-0.3, -0.25) is 4.79 Å².